The van der Waals surface area contributed by atoms with Crippen molar-refractivity contribution in [1.82, 2.24) is 10.3 Å². The number of rotatable bonds is 2. The molecule has 0 radical (unpaired) electrons. The smallest absolute Gasteiger partial charge is 0.101 e. The second-order valence-corrected chi connectivity index (χ2v) is 4.12. The van der Waals surface area contributed by atoms with Gasteiger partial charge in [0.1, 0.15) is 6.07 Å². The molecule has 1 saturated heterocycles. The summed E-state index contributed by atoms with van der Waals surface area (Å²) in [7, 11) is 2.04. The SMILES string of the molecule is CN(c1cnccc1C#N)C1CCCNC1. The molecule has 0 aliphatic carbocycles. The zero-order valence-electron chi connectivity index (χ0n) is 9.48. The molecule has 4 nitrogen and oxygen atoms in total. The van der Waals surface area contributed by atoms with Crippen molar-refractivity contribution in [2.45, 2.75) is 18.9 Å². The van der Waals surface area contributed by atoms with Crippen molar-refractivity contribution >= 4 is 5.69 Å². The fourth-order valence-electron chi connectivity index (χ4n) is 2.12. The van der Waals surface area contributed by atoms with Gasteiger partial charge >= 0.3 is 0 Å². The highest BCUT2D eigenvalue weighted by Gasteiger charge is 2.19. The molecule has 4 heteroatoms. The van der Waals surface area contributed by atoms with Gasteiger partial charge in [-0.3, -0.25) is 4.98 Å². The Balaban J connectivity index is 2.19. The highest BCUT2D eigenvalue weighted by Crippen LogP contribution is 2.21. The maximum Gasteiger partial charge on any atom is 0.101 e. The first-order chi connectivity index (χ1) is 7.83. The van der Waals surface area contributed by atoms with E-state index in [1.807, 2.05) is 7.05 Å². The molecule has 2 rings (SSSR count). The third kappa shape index (κ3) is 2.15. The van der Waals surface area contributed by atoms with Crippen molar-refractivity contribution in [3.8, 4) is 6.07 Å². The van der Waals surface area contributed by atoms with Crippen molar-refractivity contribution in [2.75, 3.05) is 25.0 Å². The van der Waals surface area contributed by atoms with Gasteiger partial charge in [0.05, 0.1) is 17.4 Å². The van der Waals surface area contributed by atoms with Gasteiger partial charge in [-0.15, -0.1) is 0 Å². The Morgan fingerprint density at radius 2 is 2.50 bits per heavy atom. The van der Waals surface area contributed by atoms with Crippen LogP contribution in [0.2, 0.25) is 0 Å². The minimum Gasteiger partial charge on any atom is -0.368 e. The predicted molar refractivity (Wildman–Crippen MR) is 63.2 cm³/mol. The van der Waals surface area contributed by atoms with E-state index >= 15 is 0 Å². The Labute approximate surface area is 95.9 Å². The molecule has 16 heavy (non-hydrogen) atoms. The van der Waals surface area contributed by atoms with Crippen molar-refractivity contribution in [3.63, 3.8) is 0 Å². The Morgan fingerprint density at radius 1 is 1.62 bits per heavy atom. The second kappa shape index (κ2) is 4.95. The molecule has 2 heterocycles. The molecule has 1 atom stereocenters. The zero-order valence-corrected chi connectivity index (χ0v) is 9.48. The van der Waals surface area contributed by atoms with Crippen molar-refractivity contribution < 1.29 is 0 Å². The lowest BCUT2D eigenvalue weighted by atomic mass is 10.1. The first kappa shape index (κ1) is 10.9. The quantitative estimate of drug-likeness (QED) is 0.805. The van der Waals surface area contributed by atoms with E-state index in [1.54, 1.807) is 18.5 Å². The Morgan fingerprint density at radius 3 is 3.19 bits per heavy atom. The number of hydrogen-bond acceptors (Lipinski definition) is 4. The summed E-state index contributed by atoms with van der Waals surface area (Å²) >= 11 is 0. The summed E-state index contributed by atoms with van der Waals surface area (Å²) in [6, 6.07) is 4.44. The number of likely N-dealkylation sites (N-methyl/N-ethyl adjacent to an activating group) is 1. The predicted octanol–water partition coefficient (Wildman–Crippen LogP) is 1.14. The Kier molecular flexibility index (Phi) is 3.37. The maximum absolute atomic E-state index is 9.05. The molecule has 0 amide bonds. The van der Waals surface area contributed by atoms with Crippen LogP contribution in [-0.2, 0) is 0 Å². The molecule has 0 saturated carbocycles. The summed E-state index contributed by atoms with van der Waals surface area (Å²) < 4.78 is 0. The highest BCUT2D eigenvalue weighted by molar-refractivity contribution is 5.57. The van der Waals surface area contributed by atoms with E-state index < -0.39 is 0 Å². The van der Waals surface area contributed by atoms with E-state index in [4.69, 9.17) is 5.26 Å². The summed E-state index contributed by atoms with van der Waals surface area (Å²) in [5, 5.41) is 12.4. The molecule has 1 fully saturated rings. The fourth-order valence-corrected chi connectivity index (χ4v) is 2.12. The largest absolute Gasteiger partial charge is 0.368 e. The summed E-state index contributed by atoms with van der Waals surface area (Å²) in [4.78, 5) is 6.26. The first-order valence-corrected chi connectivity index (χ1v) is 5.60. The van der Waals surface area contributed by atoms with Crippen molar-refractivity contribution in [3.05, 3.63) is 24.0 Å². The minimum atomic E-state index is 0.463. The van der Waals surface area contributed by atoms with E-state index in [2.05, 4.69) is 21.3 Å². The molecule has 1 N–H and O–H groups in total. The molecule has 1 aliphatic heterocycles. The normalized spacial score (nSPS) is 20.1. The topological polar surface area (TPSA) is 52.0 Å². The number of hydrogen-bond donors (Lipinski definition) is 1. The van der Waals surface area contributed by atoms with E-state index in [0.29, 0.717) is 11.6 Å². The molecule has 0 aromatic carbocycles. The molecule has 1 unspecified atom stereocenters. The second-order valence-electron chi connectivity index (χ2n) is 4.12. The van der Waals surface area contributed by atoms with Crippen LogP contribution in [0, 0.1) is 11.3 Å². The average molecular weight is 216 g/mol. The Bertz CT molecular complexity index is 390. The summed E-state index contributed by atoms with van der Waals surface area (Å²) in [5.74, 6) is 0. The number of piperidine rings is 1. The average Bonchev–Trinajstić information content (AvgIpc) is 2.39. The number of nitriles is 1. The summed E-state index contributed by atoms with van der Waals surface area (Å²) in [5.41, 5.74) is 1.63. The lowest BCUT2D eigenvalue weighted by molar-refractivity contribution is 0.444. The standard InChI is InChI=1S/C12H16N4/c1-16(11-3-2-5-14-8-11)12-9-15-6-4-10(12)7-13/h4,6,9,11,14H,2-3,5,8H2,1H3. The van der Waals surface area contributed by atoms with E-state index in [9.17, 15) is 0 Å². The van der Waals surface area contributed by atoms with Gasteiger partial charge < -0.3 is 10.2 Å². The van der Waals surface area contributed by atoms with Crippen LogP contribution in [-0.4, -0.2) is 31.2 Å². The van der Waals surface area contributed by atoms with E-state index in [1.165, 1.54) is 12.8 Å². The molecular formula is C12H16N4. The summed E-state index contributed by atoms with van der Waals surface area (Å²) in [6.07, 6.45) is 5.79. The monoisotopic (exact) mass is 216 g/mol. The molecule has 0 spiro atoms. The van der Waals surface area contributed by atoms with Crippen molar-refractivity contribution in [1.29, 1.82) is 5.26 Å². The van der Waals surface area contributed by atoms with E-state index in [-0.39, 0.29) is 0 Å². The number of pyridine rings is 1. The van der Waals surface area contributed by atoms with Gasteiger partial charge in [-0.1, -0.05) is 0 Å². The zero-order chi connectivity index (χ0) is 11.4. The molecule has 1 aliphatic rings. The first-order valence-electron chi connectivity index (χ1n) is 5.60. The molecule has 1 aromatic heterocycles. The maximum atomic E-state index is 9.05. The number of nitrogens with one attached hydrogen (secondary N) is 1. The van der Waals surface area contributed by atoms with E-state index in [0.717, 1.165) is 18.8 Å². The van der Waals surface area contributed by atoms with Crippen LogP contribution in [0.1, 0.15) is 18.4 Å². The molecular weight excluding hydrogens is 200 g/mol. The van der Waals surface area contributed by atoms with Crippen LogP contribution in [0.3, 0.4) is 0 Å². The van der Waals surface area contributed by atoms with Crippen LogP contribution in [0.25, 0.3) is 0 Å². The third-order valence-electron chi connectivity index (χ3n) is 3.12. The molecule has 1 aromatic rings. The van der Waals surface area contributed by atoms with Gasteiger partial charge in [0.2, 0.25) is 0 Å². The van der Waals surface area contributed by atoms with Crippen LogP contribution in [0.4, 0.5) is 5.69 Å². The van der Waals surface area contributed by atoms with Crippen molar-refractivity contribution in [2.24, 2.45) is 0 Å². The van der Waals surface area contributed by atoms with Crippen LogP contribution >= 0.6 is 0 Å². The number of aromatic nitrogens is 1. The number of nitrogens with zero attached hydrogens (tertiary/aromatic N) is 3. The van der Waals surface area contributed by atoms with Gasteiger partial charge in [-0.2, -0.15) is 5.26 Å². The third-order valence-corrected chi connectivity index (χ3v) is 3.12. The van der Waals surface area contributed by atoms with Crippen LogP contribution in [0.15, 0.2) is 18.5 Å². The number of anilines is 1. The fraction of sp³-hybridized carbons (Fsp3) is 0.500. The minimum absolute atomic E-state index is 0.463. The highest BCUT2D eigenvalue weighted by atomic mass is 15.2. The van der Waals surface area contributed by atoms with Crippen LogP contribution in [0.5, 0.6) is 0 Å². The summed E-state index contributed by atoms with van der Waals surface area (Å²) in [6.45, 7) is 2.08. The van der Waals surface area contributed by atoms with Gasteiger partial charge in [0, 0.05) is 25.8 Å². The molecule has 84 valence electrons. The van der Waals surface area contributed by atoms with Gasteiger partial charge in [-0.25, -0.2) is 0 Å². The van der Waals surface area contributed by atoms with Gasteiger partial charge in [0.25, 0.3) is 0 Å². The van der Waals surface area contributed by atoms with Crippen LogP contribution < -0.4 is 10.2 Å². The lowest BCUT2D eigenvalue weighted by Gasteiger charge is -2.33. The van der Waals surface area contributed by atoms with Gasteiger partial charge in [0.15, 0.2) is 0 Å². The Hall–Kier alpha value is -1.60. The lowest BCUT2D eigenvalue weighted by Crippen LogP contribution is -2.44. The van der Waals surface area contributed by atoms with Gasteiger partial charge in [-0.05, 0) is 25.5 Å². The molecule has 0 bridgehead atoms.